The molecule has 5 heteroatoms. The molecule has 0 spiro atoms. The van der Waals surface area contributed by atoms with Crippen LogP contribution < -0.4 is 0 Å². The van der Waals surface area contributed by atoms with Gasteiger partial charge in [0.15, 0.2) is 0 Å². The van der Waals surface area contributed by atoms with Crippen LogP contribution in [0, 0.1) is 12.1 Å². The smallest absolute Gasteiger partial charge is 0.483 e. The second-order valence-electron chi connectivity index (χ2n) is 8.16. The second kappa shape index (κ2) is 11.1. The maximum Gasteiger partial charge on any atom is 0.499 e. The number of para-hydroxylation sites is 2. The van der Waals surface area contributed by atoms with Gasteiger partial charge in [-0.3, -0.25) is 0 Å². The van der Waals surface area contributed by atoms with Crippen LogP contribution in [0.15, 0.2) is 132 Å². The molecule has 179 valence electrons. The molecule has 0 bridgehead atoms. The predicted octanol–water partition coefficient (Wildman–Crippen LogP) is 7.58. The molecule has 0 atom stereocenters. The first-order valence-corrected chi connectivity index (χ1v) is 11.6. The van der Waals surface area contributed by atoms with Crippen LogP contribution in [0.4, 0.5) is 11.4 Å². The van der Waals surface area contributed by atoms with Crippen molar-refractivity contribution in [3.8, 4) is 11.3 Å². The molecule has 0 unspecified atom stereocenters. The van der Waals surface area contributed by atoms with E-state index in [0.717, 1.165) is 44.6 Å². The molecule has 0 N–H and O–H groups in total. The number of rotatable bonds is 3. The molecule has 6 aromatic rings. The van der Waals surface area contributed by atoms with Crippen molar-refractivity contribution in [1.82, 2.24) is 4.98 Å². The minimum Gasteiger partial charge on any atom is -0.483 e. The van der Waals surface area contributed by atoms with Crippen molar-refractivity contribution >= 4 is 39.3 Å². The molecule has 7 rings (SSSR count). The molecule has 4 aromatic carbocycles. The first kappa shape index (κ1) is 24.3. The zero-order valence-corrected chi connectivity index (χ0v) is 22.1. The number of benzene rings is 4. The third kappa shape index (κ3) is 5.25. The fourth-order valence-electron chi connectivity index (χ4n) is 4.05. The van der Waals surface area contributed by atoms with E-state index in [9.17, 15) is 0 Å². The van der Waals surface area contributed by atoms with Gasteiger partial charge in [0.25, 0.3) is 12.4 Å². The molecule has 1 radical (unpaired) electrons. The van der Waals surface area contributed by atoms with Crippen molar-refractivity contribution in [2.45, 2.75) is 0 Å². The summed E-state index contributed by atoms with van der Waals surface area (Å²) in [6.07, 6.45) is 5.73. The van der Waals surface area contributed by atoms with Crippen LogP contribution >= 0.6 is 0 Å². The minimum atomic E-state index is 0. The minimum absolute atomic E-state index is 0. The molecular formula is C32H21IrN3O. The molecule has 0 aliphatic carbocycles. The standard InChI is InChI=1S/C21H13N2O.C11H8N.Ir/c1-2-6-16(7-3-1)22-12-13-23(15-22)17-10-11-19-18-8-4-5-9-20(18)24-21(19)14-17;1-2-6-10(7-3-1)11-8-4-5-9-12-11;/h1-9,11-14H;1-6,8-9H;/q+1;-1;. The van der Waals surface area contributed by atoms with E-state index in [1.165, 1.54) is 0 Å². The third-order valence-electron chi connectivity index (χ3n) is 5.82. The second-order valence-corrected chi connectivity index (χ2v) is 8.16. The fraction of sp³-hybridized carbons (Fsp3) is 0. The topological polar surface area (TPSA) is 32.0 Å². The van der Waals surface area contributed by atoms with Gasteiger partial charge in [-0.25, -0.2) is 0 Å². The van der Waals surface area contributed by atoms with Gasteiger partial charge in [0.2, 0.25) is 5.69 Å². The van der Waals surface area contributed by atoms with Crippen LogP contribution in [-0.4, -0.2) is 20.1 Å². The van der Waals surface area contributed by atoms with E-state index in [-0.39, 0.29) is 20.1 Å². The molecular weight excluding hydrogens is 635 g/mol. The van der Waals surface area contributed by atoms with Crippen molar-refractivity contribution < 1.29 is 33.7 Å². The predicted molar refractivity (Wildman–Crippen MR) is 141 cm³/mol. The van der Waals surface area contributed by atoms with Crippen LogP contribution in [0.2, 0.25) is 0 Å². The summed E-state index contributed by atoms with van der Waals surface area (Å²) in [5.41, 5.74) is 5.74. The van der Waals surface area contributed by atoms with Gasteiger partial charge in [0.05, 0.1) is 0 Å². The van der Waals surface area contributed by atoms with E-state index < -0.39 is 0 Å². The van der Waals surface area contributed by atoms with Gasteiger partial charge in [-0.2, -0.15) is 6.07 Å². The molecule has 1 aliphatic rings. The normalized spacial score (nSPS) is 11.9. The average Bonchev–Trinajstić information content (AvgIpc) is 3.60. The van der Waals surface area contributed by atoms with Gasteiger partial charge in [0.1, 0.15) is 11.3 Å². The van der Waals surface area contributed by atoms with Crippen LogP contribution in [0.3, 0.4) is 0 Å². The molecule has 0 fully saturated rings. The molecule has 3 heterocycles. The Balaban J connectivity index is 0.000000183. The van der Waals surface area contributed by atoms with Gasteiger partial charge >= 0.3 is 6.01 Å². The van der Waals surface area contributed by atoms with Crippen LogP contribution in [-0.2, 0) is 20.1 Å². The Morgan fingerprint density at radius 1 is 0.703 bits per heavy atom. The Kier molecular flexibility index (Phi) is 7.30. The number of hydrogen-bond donors (Lipinski definition) is 0. The van der Waals surface area contributed by atoms with Crippen LogP contribution in [0.25, 0.3) is 33.2 Å². The van der Waals surface area contributed by atoms with Crippen molar-refractivity contribution in [2.24, 2.45) is 0 Å². The summed E-state index contributed by atoms with van der Waals surface area (Å²) >= 11 is 0. The summed E-state index contributed by atoms with van der Waals surface area (Å²) in [6, 6.07) is 45.6. The van der Waals surface area contributed by atoms with E-state index in [4.69, 9.17) is 4.42 Å². The van der Waals surface area contributed by atoms with E-state index in [1.54, 1.807) is 6.20 Å². The molecule has 0 saturated carbocycles. The summed E-state index contributed by atoms with van der Waals surface area (Å²) in [7, 11) is 0. The summed E-state index contributed by atoms with van der Waals surface area (Å²) in [6.45, 7) is 0. The Labute approximate surface area is 228 Å². The van der Waals surface area contributed by atoms with Crippen molar-refractivity contribution in [2.75, 3.05) is 0 Å². The Morgan fingerprint density at radius 3 is 2.30 bits per heavy atom. The molecule has 2 aromatic heterocycles. The zero-order valence-electron chi connectivity index (χ0n) is 19.7. The first-order chi connectivity index (χ1) is 17.8. The van der Waals surface area contributed by atoms with E-state index in [2.05, 4.69) is 29.2 Å². The fourth-order valence-corrected chi connectivity index (χ4v) is 4.05. The first-order valence-electron chi connectivity index (χ1n) is 11.6. The van der Waals surface area contributed by atoms with Crippen molar-refractivity contribution in [3.63, 3.8) is 0 Å². The molecule has 0 saturated heterocycles. The largest absolute Gasteiger partial charge is 0.499 e. The van der Waals surface area contributed by atoms with Crippen molar-refractivity contribution in [3.05, 3.63) is 140 Å². The Morgan fingerprint density at radius 2 is 1.49 bits per heavy atom. The van der Waals surface area contributed by atoms with Gasteiger partial charge < -0.3 is 9.40 Å². The van der Waals surface area contributed by atoms with E-state index >= 15 is 0 Å². The maximum absolute atomic E-state index is 5.95. The summed E-state index contributed by atoms with van der Waals surface area (Å²) in [5, 5.41) is 2.20. The van der Waals surface area contributed by atoms with Gasteiger partial charge in [-0.15, -0.1) is 42.0 Å². The number of nitrogens with zero attached hydrogens (tertiary/aromatic N) is 3. The van der Waals surface area contributed by atoms with Gasteiger partial charge in [-0.05, 0) is 23.2 Å². The monoisotopic (exact) mass is 656 g/mol. The molecule has 37 heavy (non-hydrogen) atoms. The SMILES string of the molecule is C1=[N+](c2[c-]cc3c(c2)oc2ccccc23)C=C[N+]=1c1ccccc1.[Ir].[c-]1ccccc1-c1ccccn1. The van der Waals surface area contributed by atoms with Crippen LogP contribution in [0.5, 0.6) is 0 Å². The number of hydrogen-bond acceptors (Lipinski definition) is 2. The molecule has 0 amide bonds. The van der Waals surface area contributed by atoms with Gasteiger partial charge in [0, 0.05) is 44.0 Å². The number of aromatic nitrogens is 1. The zero-order chi connectivity index (χ0) is 24.2. The number of pyridine rings is 1. The van der Waals surface area contributed by atoms with Crippen molar-refractivity contribution in [1.29, 1.82) is 0 Å². The average molecular weight is 656 g/mol. The quantitative estimate of drug-likeness (QED) is 0.146. The number of fused-ring (bicyclic) bond motifs is 3. The third-order valence-corrected chi connectivity index (χ3v) is 5.82. The summed E-state index contributed by atoms with van der Waals surface area (Å²) in [4.78, 5) is 4.22. The summed E-state index contributed by atoms with van der Waals surface area (Å²) in [5.74, 6) is 0. The van der Waals surface area contributed by atoms with Gasteiger partial charge in [-0.1, -0.05) is 69.1 Å². The molecule has 1 aliphatic heterocycles. The van der Waals surface area contributed by atoms with Crippen LogP contribution in [0.1, 0.15) is 0 Å². The number of furan rings is 1. The maximum atomic E-state index is 5.95. The summed E-state index contributed by atoms with van der Waals surface area (Å²) < 4.78 is 9.82. The van der Waals surface area contributed by atoms with E-state index in [0.29, 0.717) is 0 Å². The Bertz CT molecular complexity index is 1710. The molecule has 4 nitrogen and oxygen atoms in total. The van der Waals surface area contributed by atoms with E-state index in [1.807, 2.05) is 125 Å². The Hall–Kier alpha value is -4.40.